The minimum absolute atomic E-state index is 0.228. The minimum Gasteiger partial charge on any atom is -0.495 e. The molecule has 0 fully saturated rings. The van der Waals surface area contributed by atoms with E-state index >= 15 is 0 Å². The van der Waals surface area contributed by atoms with Gasteiger partial charge in [-0.1, -0.05) is 45.7 Å². The summed E-state index contributed by atoms with van der Waals surface area (Å²) in [6.07, 6.45) is 2.03. The first-order valence-corrected chi connectivity index (χ1v) is 7.73. The van der Waals surface area contributed by atoms with E-state index in [2.05, 4.69) is 33.4 Å². The first kappa shape index (κ1) is 13.8. The van der Waals surface area contributed by atoms with Gasteiger partial charge in [-0.05, 0) is 42.2 Å². The molecule has 1 aliphatic rings. The van der Waals surface area contributed by atoms with Crippen molar-refractivity contribution >= 4 is 33.2 Å². The predicted octanol–water partition coefficient (Wildman–Crippen LogP) is 5.21. The van der Waals surface area contributed by atoms with Crippen LogP contribution in [0, 0.1) is 0 Å². The van der Waals surface area contributed by atoms with Crippen LogP contribution < -0.4 is 10.1 Å². The Morgan fingerprint density at radius 1 is 1.30 bits per heavy atom. The molecule has 0 spiro atoms. The van der Waals surface area contributed by atoms with Crippen molar-refractivity contribution in [1.82, 2.24) is 0 Å². The fraction of sp³-hybridized carbons (Fsp3) is 0.250. The SMILES string of the molecule is COc1cc(Br)cc2c1NC(c1ccccc1Cl)CC2. The lowest BCUT2D eigenvalue weighted by Crippen LogP contribution is -2.19. The molecular weight excluding hydrogens is 338 g/mol. The van der Waals surface area contributed by atoms with Gasteiger partial charge < -0.3 is 10.1 Å². The molecule has 2 nitrogen and oxygen atoms in total. The van der Waals surface area contributed by atoms with Gasteiger partial charge in [-0.15, -0.1) is 0 Å². The van der Waals surface area contributed by atoms with E-state index in [0.29, 0.717) is 0 Å². The van der Waals surface area contributed by atoms with Gasteiger partial charge in [0, 0.05) is 9.50 Å². The van der Waals surface area contributed by atoms with Crippen LogP contribution in [0.15, 0.2) is 40.9 Å². The normalized spacial score (nSPS) is 17.2. The number of ether oxygens (including phenoxy) is 1. The van der Waals surface area contributed by atoms with Crippen LogP contribution in [0.25, 0.3) is 0 Å². The Hall–Kier alpha value is -1.19. The van der Waals surface area contributed by atoms with Crippen molar-refractivity contribution in [2.75, 3.05) is 12.4 Å². The Bertz CT molecular complexity index is 627. The third-order valence-corrected chi connectivity index (χ3v) is 4.47. The zero-order valence-corrected chi connectivity index (χ0v) is 13.5. The molecule has 0 amide bonds. The van der Waals surface area contributed by atoms with Gasteiger partial charge in [-0.3, -0.25) is 0 Å². The maximum absolute atomic E-state index is 6.30. The quantitative estimate of drug-likeness (QED) is 0.801. The number of nitrogens with one attached hydrogen (secondary N) is 1. The lowest BCUT2D eigenvalue weighted by molar-refractivity contribution is 0.414. The van der Waals surface area contributed by atoms with E-state index in [4.69, 9.17) is 16.3 Å². The van der Waals surface area contributed by atoms with E-state index in [1.54, 1.807) is 7.11 Å². The summed E-state index contributed by atoms with van der Waals surface area (Å²) in [5.41, 5.74) is 3.50. The van der Waals surface area contributed by atoms with E-state index < -0.39 is 0 Å². The summed E-state index contributed by atoms with van der Waals surface area (Å²) in [5, 5.41) is 4.38. The van der Waals surface area contributed by atoms with Crippen molar-refractivity contribution in [3.63, 3.8) is 0 Å². The summed E-state index contributed by atoms with van der Waals surface area (Å²) < 4.78 is 6.53. The molecule has 0 saturated heterocycles. The first-order chi connectivity index (χ1) is 9.69. The summed E-state index contributed by atoms with van der Waals surface area (Å²) in [6.45, 7) is 0. The second-order valence-electron chi connectivity index (χ2n) is 4.90. The fourth-order valence-electron chi connectivity index (χ4n) is 2.70. The number of hydrogen-bond acceptors (Lipinski definition) is 2. The van der Waals surface area contributed by atoms with Gasteiger partial charge in [0.25, 0.3) is 0 Å². The summed E-state index contributed by atoms with van der Waals surface area (Å²) in [5.74, 6) is 0.867. The highest BCUT2D eigenvalue weighted by atomic mass is 79.9. The highest BCUT2D eigenvalue weighted by molar-refractivity contribution is 9.10. The Morgan fingerprint density at radius 3 is 2.85 bits per heavy atom. The van der Waals surface area contributed by atoms with E-state index in [1.807, 2.05) is 24.3 Å². The Labute approximate surface area is 132 Å². The number of rotatable bonds is 2. The Balaban J connectivity index is 1.98. The van der Waals surface area contributed by atoms with Crippen LogP contribution in [0.2, 0.25) is 5.02 Å². The van der Waals surface area contributed by atoms with Gasteiger partial charge >= 0.3 is 0 Å². The van der Waals surface area contributed by atoms with Crippen LogP contribution in [-0.4, -0.2) is 7.11 Å². The molecule has 0 saturated carbocycles. The lowest BCUT2D eigenvalue weighted by atomic mass is 9.93. The van der Waals surface area contributed by atoms with Gasteiger partial charge in [-0.25, -0.2) is 0 Å². The second-order valence-corrected chi connectivity index (χ2v) is 6.22. The average Bonchev–Trinajstić information content (AvgIpc) is 2.46. The van der Waals surface area contributed by atoms with E-state index in [1.165, 1.54) is 5.56 Å². The maximum Gasteiger partial charge on any atom is 0.143 e. The molecule has 1 unspecified atom stereocenters. The maximum atomic E-state index is 6.30. The second kappa shape index (κ2) is 5.66. The van der Waals surface area contributed by atoms with Crippen LogP contribution in [-0.2, 0) is 6.42 Å². The van der Waals surface area contributed by atoms with Gasteiger partial charge in [0.05, 0.1) is 18.8 Å². The molecule has 3 rings (SSSR count). The van der Waals surface area contributed by atoms with E-state index in [0.717, 1.165) is 39.3 Å². The number of halogens is 2. The molecule has 0 aliphatic carbocycles. The molecule has 2 aromatic carbocycles. The zero-order valence-electron chi connectivity index (χ0n) is 11.1. The average molecular weight is 353 g/mol. The molecule has 1 aliphatic heterocycles. The number of methoxy groups -OCH3 is 1. The molecular formula is C16H15BrClNO. The number of fused-ring (bicyclic) bond motifs is 1. The summed E-state index contributed by atoms with van der Waals surface area (Å²) in [4.78, 5) is 0. The smallest absolute Gasteiger partial charge is 0.143 e. The molecule has 1 N–H and O–H groups in total. The topological polar surface area (TPSA) is 21.3 Å². The minimum atomic E-state index is 0.228. The first-order valence-electron chi connectivity index (χ1n) is 6.56. The Kier molecular flexibility index (Phi) is 3.90. The number of benzene rings is 2. The van der Waals surface area contributed by atoms with E-state index in [9.17, 15) is 0 Å². The van der Waals surface area contributed by atoms with Crippen molar-refractivity contribution in [3.05, 3.63) is 57.0 Å². The van der Waals surface area contributed by atoms with Crippen molar-refractivity contribution in [2.24, 2.45) is 0 Å². The molecule has 0 radical (unpaired) electrons. The molecule has 1 atom stereocenters. The van der Waals surface area contributed by atoms with Crippen molar-refractivity contribution in [3.8, 4) is 5.75 Å². The van der Waals surface area contributed by atoms with Gasteiger partial charge in [0.15, 0.2) is 0 Å². The highest BCUT2D eigenvalue weighted by Crippen LogP contribution is 2.41. The van der Waals surface area contributed by atoms with Crippen molar-refractivity contribution in [2.45, 2.75) is 18.9 Å². The molecule has 4 heteroatoms. The van der Waals surface area contributed by atoms with Crippen LogP contribution in [0.1, 0.15) is 23.6 Å². The van der Waals surface area contributed by atoms with Crippen LogP contribution >= 0.6 is 27.5 Å². The molecule has 20 heavy (non-hydrogen) atoms. The number of anilines is 1. The molecule has 0 aromatic heterocycles. The summed E-state index contributed by atoms with van der Waals surface area (Å²) >= 11 is 9.83. The zero-order chi connectivity index (χ0) is 14.1. The summed E-state index contributed by atoms with van der Waals surface area (Å²) in [6, 6.07) is 12.4. The summed E-state index contributed by atoms with van der Waals surface area (Å²) in [7, 11) is 1.70. The highest BCUT2D eigenvalue weighted by Gasteiger charge is 2.23. The van der Waals surface area contributed by atoms with Crippen LogP contribution in [0.4, 0.5) is 5.69 Å². The molecule has 2 aromatic rings. The fourth-order valence-corrected chi connectivity index (χ4v) is 3.45. The number of hydrogen-bond donors (Lipinski definition) is 1. The third-order valence-electron chi connectivity index (χ3n) is 3.67. The van der Waals surface area contributed by atoms with Gasteiger partial charge in [0.2, 0.25) is 0 Å². The lowest BCUT2D eigenvalue weighted by Gasteiger charge is -2.29. The molecule has 1 heterocycles. The third kappa shape index (κ3) is 2.52. The van der Waals surface area contributed by atoms with Gasteiger partial charge in [0.1, 0.15) is 5.75 Å². The largest absolute Gasteiger partial charge is 0.495 e. The van der Waals surface area contributed by atoms with E-state index in [-0.39, 0.29) is 6.04 Å². The van der Waals surface area contributed by atoms with Crippen molar-refractivity contribution in [1.29, 1.82) is 0 Å². The standard InChI is InChI=1S/C16H15BrClNO/c1-20-15-9-11(17)8-10-6-7-14(19-16(10)15)12-4-2-3-5-13(12)18/h2-5,8-9,14,19H,6-7H2,1H3. The van der Waals surface area contributed by atoms with Crippen LogP contribution in [0.5, 0.6) is 5.75 Å². The van der Waals surface area contributed by atoms with Gasteiger partial charge in [-0.2, -0.15) is 0 Å². The molecule has 0 bridgehead atoms. The number of aryl methyl sites for hydroxylation is 1. The van der Waals surface area contributed by atoms with Crippen molar-refractivity contribution < 1.29 is 4.74 Å². The monoisotopic (exact) mass is 351 g/mol. The predicted molar refractivity (Wildman–Crippen MR) is 86.8 cm³/mol. The van der Waals surface area contributed by atoms with Crippen LogP contribution in [0.3, 0.4) is 0 Å². The molecule has 104 valence electrons. The Morgan fingerprint density at radius 2 is 2.10 bits per heavy atom.